The molecule has 0 radical (unpaired) electrons. The zero-order valence-electron chi connectivity index (χ0n) is 17.3. The molecule has 1 saturated heterocycles. The van der Waals surface area contributed by atoms with Gasteiger partial charge in [-0.3, -0.25) is 9.71 Å². The summed E-state index contributed by atoms with van der Waals surface area (Å²) in [7, 11) is -0.0315. The Kier molecular flexibility index (Phi) is 5.59. The summed E-state index contributed by atoms with van der Waals surface area (Å²) in [6.45, 7) is 0. The summed E-state index contributed by atoms with van der Waals surface area (Å²) in [5.74, 6) is 0.421. The molecule has 0 saturated carbocycles. The Morgan fingerprint density at radius 1 is 1.23 bits per heavy atom. The first-order valence-corrected chi connectivity index (χ1v) is 11.8. The van der Waals surface area contributed by atoms with Crippen LogP contribution in [0.4, 0.5) is 11.4 Å². The van der Waals surface area contributed by atoms with Crippen LogP contribution >= 0.6 is 12.2 Å². The molecule has 0 spiro atoms. The molecule has 2 aromatic heterocycles. The minimum atomic E-state index is -3.49. The minimum Gasteiger partial charge on any atom is -0.495 e. The molecule has 10 heteroatoms. The van der Waals surface area contributed by atoms with Crippen molar-refractivity contribution in [2.75, 3.05) is 23.0 Å². The van der Waals surface area contributed by atoms with E-state index in [1.165, 1.54) is 7.11 Å². The van der Waals surface area contributed by atoms with E-state index in [0.717, 1.165) is 23.2 Å². The predicted octanol–water partition coefficient (Wildman–Crippen LogP) is 2.98. The monoisotopic (exact) mass is 457 g/mol. The number of methoxy groups -OCH3 is 1. The van der Waals surface area contributed by atoms with Crippen LogP contribution in [0.2, 0.25) is 0 Å². The van der Waals surface area contributed by atoms with Crippen LogP contribution in [0.25, 0.3) is 0 Å². The number of sulfonamides is 1. The van der Waals surface area contributed by atoms with E-state index in [0.29, 0.717) is 16.5 Å². The lowest BCUT2D eigenvalue weighted by Crippen LogP contribution is -2.29. The second kappa shape index (κ2) is 8.20. The average Bonchev–Trinajstić information content (AvgIpc) is 3.30. The number of ether oxygens (including phenoxy) is 1. The number of aromatic nitrogens is 2. The summed E-state index contributed by atoms with van der Waals surface area (Å²) in [5, 5.41) is 3.92. The van der Waals surface area contributed by atoms with Crippen LogP contribution in [0.5, 0.6) is 5.75 Å². The highest BCUT2D eigenvalue weighted by molar-refractivity contribution is 7.92. The maximum Gasteiger partial charge on any atom is 0.229 e. The van der Waals surface area contributed by atoms with Gasteiger partial charge in [-0.2, -0.15) is 0 Å². The van der Waals surface area contributed by atoms with Gasteiger partial charge in [0, 0.05) is 31.3 Å². The number of hydrogen-bond donors (Lipinski definition) is 2. The maximum atomic E-state index is 11.9. The number of anilines is 2. The van der Waals surface area contributed by atoms with Crippen LogP contribution in [0.15, 0.2) is 61.1 Å². The van der Waals surface area contributed by atoms with E-state index in [2.05, 4.69) is 15.0 Å². The van der Waals surface area contributed by atoms with Crippen molar-refractivity contribution in [2.45, 2.75) is 12.1 Å². The standard InChI is InChI=1S/C21H23N5O3S2/c1-25-11-9-14(13-25)20-19(16-6-4-5-10-22-16)23-21(30)26(20)15-7-8-18(29-2)17(12-15)24-31(3,27)28/h4-13,19-20,24H,1-3H3,(H,23,30)/t19-,20-/m1/s1. The van der Waals surface area contributed by atoms with Crippen molar-refractivity contribution in [3.8, 4) is 5.75 Å². The highest BCUT2D eigenvalue weighted by Gasteiger charge is 2.41. The molecule has 0 unspecified atom stereocenters. The van der Waals surface area contributed by atoms with Gasteiger partial charge in [-0.15, -0.1) is 0 Å². The lowest BCUT2D eigenvalue weighted by Gasteiger charge is -2.28. The molecule has 1 aliphatic rings. The Morgan fingerprint density at radius 3 is 2.65 bits per heavy atom. The van der Waals surface area contributed by atoms with Gasteiger partial charge in [0.25, 0.3) is 0 Å². The van der Waals surface area contributed by atoms with Gasteiger partial charge < -0.3 is 19.5 Å². The Morgan fingerprint density at radius 2 is 2.03 bits per heavy atom. The van der Waals surface area contributed by atoms with E-state index in [-0.39, 0.29) is 12.1 Å². The summed E-state index contributed by atoms with van der Waals surface area (Å²) < 4.78 is 33.6. The van der Waals surface area contributed by atoms with E-state index in [1.807, 2.05) is 59.2 Å². The molecular formula is C21H23N5O3S2. The molecule has 0 amide bonds. The third-order valence-corrected chi connectivity index (χ3v) is 5.96. The zero-order valence-corrected chi connectivity index (χ0v) is 18.9. The number of hydrogen-bond acceptors (Lipinski definition) is 5. The van der Waals surface area contributed by atoms with Crippen molar-refractivity contribution in [2.24, 2.45) is 7.05 Å². The fraction of sp³-hybridized carbons (Fsp3) is 0.238. The van der Waals surface area contributed by atoms with Gasteiger partial charge >= 0.3 is 0 Å². The highest BCUT2D eigenvalue weighted by atomic mass is 32.2. The molecule has 4 rings (SSSR count). The lowest BCUT2D eigenvalue weighted by atomic mass is 9.98. The van der Waals surface area contributed by atoms with Gasteiger partial charge in [-0.05, 0) is 54.2 Å². The first kappa shape index (κ1) is 21.1. The van der Waals surface area contributed by atoms with Gasteiger partial charge in [0.15, 0.2) is 5.11 Å². The number of nitrogens with one attached hydrogen (secondary N) is 2. The first-order valence-electron chi connectivity index (χ1n) is 9.55. The smallest absolute Gasteiger partial charge is 0.229 e. The van der Waals surface area contributed by atoms with Crippen LogP contribution in [0.1, 0.15) is 23.3 Å². The SMILES string of the molecule is COc1ccc(N2C(=S)N[C@H](c3ccccn3)[C@H]2c2ccn(C)c2)cc1NS(C)(=O)=O. The van der Waals surface area contributed by atoms with E-state index in [1.54, 1.807) is 18.3 Å². The van der Waals surface area contributed by atoms with Crippen LogP contribution in [0.3, 0.4) is 0 Å². The van der Waals surface area contributed by atoms with Gasteiger partial charge in [0.05, 0.1) is 36.8 Å². The number of nitrogens with zero attached hydrogens (tertiary/aromatic N) is 3. The molecule has 1 aromatic carbocycles. The predicted molar refractivity (Wildman–Crippen MR) is 125 cm³/mol. The molecule has 1 fully saturated rings. The molecule has 0 aliphatic carbocycles. The molecule has 0 bridgehead atoms. The molecule has 3 heterocycles. The van der Waals surface area contributed by atoms with Crippen molar-refractivity contribution in [1.82, 2.24) is 14.9 Å². The van der Waals surface area contributed by atoms with E-state index in [9.17, 15) is 8.42 Å². The molecule has 1 aliphatic heterocycles. The number of rotatable bonds is 6. The maximum absolute atomic E-state index is 11.9. The largest absolute Gasteiger partial charge is 0.495 e. The fourth-order valence-electron chi connectivity index (χ4n) is 3.80. The van der Waals surface area contributed by atoms with Crippen LogP contribution < -0.4 is 19.7 Å². The zero-order chi connectivity index (χ0) is 22.2. The fourth-order valence-corrected chi connectivity index (χ4v) is 4.70. The average molecular weight is 458 g/mol. The molecule has 162 valence electrons. The summed E-state index contributed by atoms with van der Waals surface area (Å²) in [5.41, 5.74) is 3.00. The van der Waals surface area contributed by atoms with E-state index < -0.39 is 10.0 Å². The van der Waals surface area contributed by atoms with Crippen molar-refractivity contribution in [3.05, 3.63) is 72.3 Å². The van der Waals surface area contributed by atoms with Gasteiger partial charge in [-0.1, -0.05) is 6.07 Å². The Bertz CT molecular complexity index is 1210. The molecule has 8 nitrogen and oxygen atoms in total. The summed E-state index contributed by atoms with van der Waals surface area (Å²) >= 11 is 5.71. The topological polar surface area (TPSA) is 88.5 Å². The summed E-state index contributed by atoms with van der Waals surface area (Å²) in [6.07, 6.45) is 6.88. The van der Waals surface area contributed by atoms with E-state index >= 15 is 0 Å². The van der Waals surface area contributed by atoms with Crippen molar-refractivity contribution in [3.63, 3.8) is 0 Å². The molecular weight excluding hydrogens is 434 g/mol. The summed E-state index contributed by atoms with van der Waals surface area (Å²) in [6, 6.07) is 12.8. The van der Waals surface area contributed by atoms with E-state index in [4.69, 9.17) is 17.0 Å². The molecule has 2 N–H and O–H groups in total. The van der Waals surface area contributed by atoms with Gasteiger partial charge in [0.2, 0.25) is 10.0 Å². The Hall–Kier alpha value is -3.11. The lowest BCUT2D eigenvalue weighted by molar-refractivity contribution is 0.417. The van der Waals surface area contributed by atoms with Crippen LogP contribution in [0, 0.1) is 0 Å². The van der Waals surface area contributed by atoms with Crippen molar-refractivity contribution >= 4 is 38.7 Å². The summed E-state index contributed by atoms with van der Waals surface area (Å²) in [4.78, 5) is 6.52. The van der Waals surface area contributed by atoms with Crippen LogP contribution in [-0.2, 0) is 17.1 Å². The number of aryl methyl sites for hydroxylation is 1. The third kappa shape index (κ3) is 4.35. The van der Waals surface area contributed by atoms with Crippen LogP contribution in [-0.4, -0.2) is 36.4 Å². The normalized spacial score (nSPS) is 18.7. The number of thiocarbonyl (C=S) groups is 1. The number of benzene rings is 1. The first-order chi connectivity index (χ1) is 14.8. The third-order valence-electron chi connectivity index (χ3n) is 5.05. The second-order valence-corrected chi connectivity index (χ2v) is 9.50. The van der Waals surface area contributed by atoms with Crippen molar-refractivity contribution in [1.29, 1.82) is 0 Å². The Balaban J connectivity index is 1.82. The second-order valence-electron chi connectivity index (χ2n) is 7.37. The Labute approximate surface area is 186 Å². The quantitative estimate of drug-likeness (QED) is 0.550. The highest BCUT2D eigenvalue weighted by Crippen LogP contribution is 2.43. The minimum absolute atomic E-state index is 0.176. The van der Waals surface area contributed by atoms with Crippen molar-refractivity contribution < 1.29 is 13.2 Å². The van der Waals surface area contributed by atoms with Gasteiger partial charge in [-0.25, -0.2) is 8.42 Å². The number of pyridine rings is 1. The molecule has 3 aromatic rings. The molecule has 2 atom stereocenters. The van der Waals surface area contributed by atoms with Gasteiger partial charge in [0.1, 0.15) is 5.75 Å². The molecule has 31 heavy (non-hydrogen) atoms.